The molecule has 0 bridgehead atoms. The van der Waals surface area contributed by atoms with Crippen molar-refractivity contribution in [2.75, 3.05) is 36.8 Å². The van der Waals surface area contributed by atoms with Crippen molar-refractivity contribution in [1.82, 2.24) is 14.9 Å². The SMILES string of the molecule is Nc1c(F)cccc1CN1CCN(c2ncccn2)CC1. The van der Waals surface area contributed by atoms with Gasteiger partial charge in [-0.25, -0.2) is 14.4 Å². The van der Waals surface area contributed by atoms with Crippen molar-refractivity contribution in [2.24, 2.45) is 0 Å². The molecule has 3 rings (SSSR count). The van der Waals surface area contributed by atoms with Crippen molar-refractivity contribution in [3.05, 3.63) is 48.0 Å². The summed E-state index contributed by atoms with van der Waals surface area (Å²) in [6.45, 7) is 4.16. The summed E-state index contributed by atoms with van der Waals surface area (Å²) in [7, 11) is 0. The summed E-state index contributed by atoms with van der Waals surface area (Å²) in [5.74, 6) is 0.422. The molecule has 1 aliphatic rings. The van der Waals surface area contributed by atoms with E-state index in [1.807, 2.05) is 12.1 Å². The smallest absolute Gasteiger partial charge is 0.225 e. The lowest BCUT2D eigenvalue weighted by Crippen LogP contribution is -2.46. The Hall–Kier alpha value is -2.21. The third kappa shape index (κ3) is 3.11. The highest BCUT2D eigenvalue weighted by Crippen LogP contribution is 2.19. The first-order valence-corrected chi connectivity index (χ1v) is 7.01. The molecule has 2 aromatic rings. The minimum atomic E-state index is -0.344. The van der Waals surface area contributed by atoms with Crippen molar-refractivity contribution < 1.29 is 4.39 Å². The number of rotatable bonds is 3. The Morgan fingerprint density at radius 1 is 1.05 bits per heavy atom. The second-order valence-corrected chi connectivity index (χ2v) is 5.12. The molecule has 21 heavy (non-hydrogen) atoms. The second-order valence-electron chi connectivity index (χ2n) is 5.12. The maximum atomic E-state index is 13.4. The molecular weight excluding hydrogens is 269 g/mol. The monoisotopic (exact) mass is 287 g/mol. The number of aromatic nitrogens is 2. The average Bonchev–Trinajstić information content (AvgIpc) is 2.53. The normalized spacial score (nSPS) is 16.1. The van der Waals surface area contributed by atoms with Crippen LogP contribution in [0.5, 0.6) is 0 Å². The lowest BCUT2D eigenvalue weighted by Gasteiger charge is -2.34. The summed E-state index contributed by atoms with van der Waals surface area (Å²) in [5.41, 5.74) is 6.89. The highest BCUT2D eigenvalue weighted by Gasteiger charge is 2.19. The van der Waals surface area contributed by atoms with Crippen molar-refractivity contribution >= 4 is 11.6 Å². The summed E-state index contributed by atoms with van der Waals surface area (Å²) in [6, 6.07) is 6.79. The molecule has 1 saturated heterocycles. The first-order chi connectivity index (χ1) is 10.2. The van der Waals surface area contributed by atoms with Crippen molar-refractivity contribution in [1.29, 1.82) is 0 Å². The van der Waals surface area contributed by atoms with E-state index >= 15 is 0 Å². The molecule has 0 radical (unpaired) electrons. The number of hydrogen-bond donors (Lipinski definition) is 1. The molecule has 1 fully saturated rings. The number of nitrogens with zero attached hydrogens (tertiary/aromatic N) is 4. The Kier molecular flexibility index (Phi) is 3.96. The summed E-state index contributed by atoms with van der Waals surface area (Å²) < 4.78 is 13.4. The van der Waals surface area contributed by atoms with Crippen LogP contribution in [0.2, 0.25) is 0 Å². The number of nitrogens with two attached hydrogens (primary N) is 1. The van der Waals surface area contributed by atoms with Gasteiger partial charge in [0.2, 0.25) is 5.95 Å². The van der Waals surface area contributed by atoms with Gasteiger partial charge in [0.15, 0.2) is 0 Å². The summed E-state index contributed by atoms with van der Waals surface area (Å²) in [6.07, 6.45) is 3.50. The quantitative estimate of drug-likeness (QED) is 0.867. The van der Waals surface area contributed by atoms with E-state index in [0.717, 1.165) is 37.7 Å². The van der Waals surface area contributed by atoms with Gasteiger partial charge in [0.25, 0.3) is 0 Å². The van der Waals surface area contributed by atoms with Gasteiger partial charge in [-0.15, -0.1) is 0 Å². The van der Waals surface area contributed by atoms with Gasteiger partial charge in [0.05, 0.1) is 5.69 Å². The van der Waals surface area contributed by atoms with Gasteiger partial charge in [-0.2, -0.15) is 0 Å². The van der Waals surface area contributed by atoms with Crippen molar-refractivity contribution in [3.63, 3.8) is 0 Å². The Morgan fingerprint density at radius 2 is 1.76 bits per heavy atom. The average molecular weight is 287 g/mol. The number of nitrogen functional groups attached to an aromatic ring is 1. The van der Waals surface area contributed by atoms with Crippen LogP contribution < -0.4 is 10.6 Å². The van der Waals surface area contributed by atoms with E-state index in [0.29, 0.717) is 6.54 Å². The van der Waals surface area contributed by atoms with E-state index in [1.165, 1.54) is 6.07 Å². The Bertz CT molecular complexity index is 596. The van der Waals surface area contributed by atoms with Gasteiger partial charge >= 0.3 is 0 Å². The zero-order valence-corrected chi connectivity index (χ0v) is 11.7. The zero-order chi connectivity index (χ0) is 14.7. The zero-order valence-electron chi connectivity index (χ0n) is 11.7. The molecule has 1 aliphatic heterocycles. The van der Waals surface area contributed by atoms with Crippen molar-refractivity contribution in [3.8, 4) is 0 Å². The molecule has 2 heterocycles. The Balaban J connectivity index is 1.60. The standard InChI is InChI=1S/C15H18FN5/c16-13-4-1-3-12(14(13)17)11-20-7-9-21(10-8-20)15-18-5-2-6-19-15/h1-6H,7-11,17H2. The molecule has 0 atom stereocenters. The molecule has 0 spiro atoms. The van der Waals surface area contributed by atoms with E-state index < -0.39 is 0 Å². The highest BCUT2D eigenvalue weighted by molar-refractivity contribution is 5.47. The van der Waals surface area contributed by atoms with Crippen LogP contribution in [0.4, 0.5) is 16.0 Å². The molecule has 0 aliphatic carbocycles. The van der Waals surface area contributed by atoms with E-state index in [1.54, 1.807) is 18.5 Å². The van der Waals surface area contributed by atoms with Crippen LogP contribution in [0.15, 0.2) is 36.7 Å². The lowest BCUT2D eigenvalue weighted by molar-refractivity contribution is 0.249. The van der Waals surface area contributed by atoms with Crippen LogP contribution in [0.1, 0.15) is 5.56 Å². The minimum absolute atomic E-state index is 0.256. The fourth-order valence-electron chi connectivity index (χ4n) is 2.52. The second kappa shape index (κ2) is 6.05. The maximum Gasteiger partial charge on any atom is 0.225 e. The number of piperazine rings is 1. The van der Waals surface area contributed by atoms with Crippen LogP contribution in [-0.2, 0) is 6.54 Å². The van der Waals surface area contributed by atoms with E-state index in [-0.39, 0.29) is 11.5 Å². The third-order valence-corrected chi connectivity index (χ3v) is 3.74. The molecule has 6 heteroatoms. The van der Waals surface area contributed by atoms with Crippen LogP contribution in [0, 0.1) is 5.82 Å². The van der Waals surface area contributed by atoms with Gasteiger partial charge in [-0.3, -0.25) is 4.90 Å². The van der Waals surface area contributed by atoms with Gasteiger partial charge < -0.3 is 10.6 Å². The third-order valence-electron chi connectivity index (χ3n) is 3.74. The van der Waals surface area contributed by atoms with E-state index in [4.69, 9.17) is 5.73 Å². The van der Waals surface area contributed by atoms with Gasteiger partial charge in [-0.1, -0.05) is 12.1 Å². The van der Waals surface area contributed by atoms with Crippen LogP contribution in [0.3, 0.4) is 0 Å². The molecule has 5 nitrogen and oxygen atoms in total. The van der Waals surface area contributed by atoms with Gasteiger partial charge in [0, 0.05) is 45.1 Å². The molecule has 110 valence electrons. The van der Waals surface area contributed by atoms with Crippen LogP contribution in [0.25, 0.3) is 0 Å². The number of halogens is 1. The van der Waals surface area contributed by atoms with E-state index in [2.05, 4.69) is 19.8 Å². The molecule has 0 saturated carbocycles. The predicted octanol–water partition coefficient (Wildman–Crippen LogP) is 1.52. The molecule has 0 unspecified atom stereocenters. The van der Waals surface area contributed by atoms with Crippen LogP contribution >= 0.6 is 0 Å². The molecule has 1 aromatic carbocycles. The lowest BCUT2D eigenvalue weighted by atomic mass is 10.1. The highest BCUT2D eigenvalue weighted by atomic mass is 19.1. The maximum absolute atomic E-state index is 13.4. The number of hydrogen-bond acceptors (Lipinski definition) is 5. The minimum Gasteiger partial charge on any atom is -0.396 e. The molecule has 1 aromatic heterocycles. The molecular formula is C15H18FN5. The predicted molar refractivity (Wildman–Crippen MR) is 80.3 cm³/mol. The van der Waals surface area contributed by atoms with Gasteiger partial charge in [0.1, 0.15) is 5.82 Å². The fraction of sp³-hybridized carbons (Fsp3) is 0.333. The van der Waals surface area contributed by atoms with Gasteiger partial charge in [-0.05, 0) is 17.7 Å². The van der Waals surface area contributed by atoms with Crippen LogP contribution in [-0.4, -0.2) is 41.0 Å². The first kappa shape index (κ1) is 13.8. The molecule has 0 amide bonds. The molecule has 2 N–H and O–H groups in total. The number of anilines is 2. The Labute approximate surface area is 123 Å². The summed E-state index contributed by atoms with van der Waals surface area (Å²) >= 11 is 0. The number of benzene rings is 1. The van der Waals surface area contributed by atoms with Crippen molar-refractivity contribution in [2.45, 2.75) is 6.54 Å². The fourth-order valence-corrected chi connectivity index (χ4v) is 2.52. The number of para-hydroxylation sites is 1. The topological polar surface area (TPSA) is 58.3 Å². The Morgan fingerprint density at radius 3 is 2.48 bits per heavy atom. The first-order valence-electron chi connectivity index (χ1n) is 7.01. The summed E-state index contributed by atoms with van der Waals surface area (Å²) in [5, 5.41) is 0. The summed E-state index contributed by atoms with van der Waals surface area (Å²) in [4.78, 5) is 13.0. The largest absolute Gasteiger partial charge is 0.396 e. The van der Waals surface area contributed by atoms with E-state index in [9.17, 15) is 4.39 Å².